The molecule has 1 aliphatic carbocycles. The number of halogens is 1. The van der Waals surface area contributed by atoms with Crippen LogP contribution in [0.2, 0.25) is 0 Å². The van der Waals surface area contributed by atoms with Gasteiger partial charge in [-0.3, -0.25) is 9.59 Å². The van der Waals surface area contributed by atoms with Gasteiger partial charge in [0.2, 0.25) is 0 Å². The van der Waals surface area contributed by atoms with Crippen molar-refractivity contribution < 1.29 is 14.0 Å². The minimum Gasteiger partial charge on any atom is -0.334 e. The minimum atomic E-state index is -0.560. The molecule has 0 saturated carbocycles. The molecule has 146 valence electrons. The standard InChI is InChI=1S/C23H25FN2O2/c24-20-7-4-16(5-8-20)14-17-10-12-26(13-11-17)23(28)22(27)25-21-9-6-18-2-1-3-19(18)15-21/h4-9,15,17H,1-3,10-14H2,(H,25,27). The van der Waals surface area contributed by atoms with Crippen LogP contribution < -0.4 is 5.32 Å². The Morgan fingerprint density at radius 1 is 1.00 bits per heavy atom. The third-order valence-corrected chi connectivity index (χ3v) is 5.89. The molecule has 0 spiro atoms. The summed E-state index contributed by atoms with van der Waals surface area (Å²) in [4.78, 5) is 26.5. The van der Waals surface area contributed by atoms with Gasteiger partial charge in [0.1, 0.15) is 5.82 Å². The molecule has 1 heterocycles. The maximum Gasteiger partial charge on any atom is 0.313 e. The Morgan fingerprint density at radius 2 is 1.71 bits per heavy atom. The summed E-state index contributed by atoms with van der Waals surface area (Å²) in [7, 11) is 0. The molecule has 0 radical (unpaired) electrons. The number of hydrogen-bond donors (Lipinski definition) is 1. The molecular weight excluding hydrogens is 355 g/mol. The van der Waals surface area contributed by atoms with Gasteiger partial charge in [0.15, 0.2) is 0 Å². The van der Waals surface area contributed by atoms with Crippen LogP contribution in [-0.4, -0.2) is 29.8 Å². The van der Waals surface area contributed by atoms with E-state index >= 15 is 0 Å². The van der Waals surface area contributed by atoms with Gasteiger partial charge in [0, 0.05) is 18.8 Å². The van der Waals surface area contributed by atoms with Gasteiger partial charge in [0.05, 0.1) is 0 Å². The monoisotopic (exact) mass is 380 g/mol. The summed E-state index contributed by atoms with van der Waals surface area (Å²) in [5.41, 5.74) is 4.42. The predicted molar refractivity (Wildman–Crippen MR) is 107 cm³/mol. The van der Waals surface area contributed by atoms with Gasteiger partial charge >= 0.3 is 11.8 Å². The van der Waals surface area contributed by atoms with E-state index in [0.717, 1.165) is 44.1 Å². The molecule has 4 nitrogen and oxygen atoms in total. The second-order valence-corrected chi connectivity index (χ2v) is 7.86. The largest absolute Gasteiger partial charge is 0.334 e. The van der Waals surface area contributed by atoms with E-state index in [9.17, 15) is 14.0 Å². The topological polar surface area (TPSA) is 49.4 Å². The first kappa shape index (κ1) is 18.7. The summed E-state index contributed by atoms with van der Waals surface area (Å²) < 4.78 is 13.0. The number of carbonyl (C=O) groups is 2. The van der Waals surface area contributed by atoms with E-state index in [1.165, 1.54) is 23.3 Å². The molecule has 0 unspecified atom stereocenters. The Labute approximate surface area is 164 Å². The quantitative estimate of drug-likeness (QED) is 0.825. The zero-order valence-corrected chi connectivity index (χ0v) is 15.9. The summed E-state index contributed by atoms with van der Waals surface area (Å²) in [5.74, 6) is -0.788. The first-order valence-corrected chi connectivity index (χ1v) is 10.0. The second-order valence-electron chi connectivity index (χ2n) is 7.86. The lowest BCUT2D eigenvalue weighted by Crippen LogP contribution is -2.44. The van der Waals surface area contributed by atoms with E-state index in [2.05, 4.69) is 5.32 Å². The summed E-state index contributed by atoms with van der Waals surface area (Å²) in [6.45, 7) is 1.17. The van der Waals surface area contributed by atoms with Gasteiger partial charge in [-0.25, -0.2) is 4.39 Å². The molecule has 2 aliphatic rings. The molecule has 2 aromatic carbocycles. The molecule has 0 aromatic heterocycles. The molecule has 0 bridgehead atoms. The highest BCUT2D eigenvalue weighted by Gasteiger charge is 2.27. The Morgan fingerprint density at radius 3 is 2.46 bits per heavy atom. The van der Waals surface area contributed by atoms with Gasteiger partial charge in [-0.2, -0.15) is 0 Å². The van der Waals surface area contributed by atoms with E-state index in [1.807, 2.05) is 30.3 Å². The Hall–Kier alpha value is -2.69. The van der Waals surface area contributed by atoms with Gasteiger partial charge in [-0.15, -0.1) is 0 Å². The number of benzene rings is 2. The number of aryl methyl sites for hydroxylation is 2. The number of fused-ring (bicyclic) bond motifs is 1. The van der Waals surface area contributed by atoms with Crippen LogP contribution in [0, 0.1) is 11.7 Å². The van der Waals surface area contributed by atoms with Crippen LogP contribution in [0.3, 0.4) is 0 Å². The predicted octanol–water partition coefficient (Wildman–Crippen LogP) is 3.73. The van der Waals surface area contributed by atoms with Gasteiger partial charge in [-0.05, 0) is 85.4 Å². The van der Waals surface area contributed by atoms with Crippen LogP contribution >= 0.6 is 0 Å². The van der Waals surface area contributed by atoms with Crippen LogP contribution in [-0.2, 0) is 28.9 Å². The van der Waals surface area contributed by atoms with Crippen molar-refractivity contribution in [2.45, 2.75) is 38.5 Å². The number of amides is 2. The number of piperidine rings is 1. The summed E-state index contributed by atoms with van der Waals surface area (Å²) in [6.07, 6.45) is 5.87. The number of hydrogen-bond acceptors (Lipinski definition) is 2. The zero-order chi connectivity index (χ0) is 19.5. The highest BCUT2D eigenvalue weighted by molar-refractivity contribution is 6.39. The normalized spacial score (nSPS) is 16.7. The summed E-state index contributed by atoms with van der Waals surface area (Å²) >= 11 is 0. The third kappa shape index (κ3) is 4.24. The average molecular weight is 380 g/mol. The van der Waals surface area contributed by atoms with E-state index in [1.54, 1.807) is 4.90 Å². The number of likely N-dealkylation sites (tertiary alicyclic amines) is 1. The lowest BCUT2D eigenvalue weighted by molar-refractivity contribution is -0.144. The minimum absolute atomic E-state index is 0.224. The van der Waals surface area contributed by atoms with E-state index in [0.29, 0.717) is 24.7 Å². The van der Waals surface area contributed by atoms with Crippen LogP contribution in [0.25, 0.3) is 0 Å². The molecule has 5 heteroatoms. The van der Waals surface area contributed by atoms with Gasteiger partial charge in [-0.1, -0.05) is 18.2 Å². The Kier molecular flexibility index (Phi) is 5.42. The third-order valence-electron chi connectivity index (χ3n) is 5.89. The van der Waals surface area contributed by atoms with Crippen molar-refractivity contribution in [1.29, 1.82) is 0 Å². The van der Waals surface area contributed by atoms with Crippen molar-refractivity contribution in [2.75, 3.05) is 18.4 Å². The van der Waals surface area contributed by atoms with Crippen LogP contribution in [0.5, 0.6) is 0 Å². The summed E-state index contributed by atoms with van der Waals surface area (Å²) in [6, 6.07) is 12.5. The van der Waals surface area contributed by atoms with Crippen molar-refractivity contribution in [3.8, 4) is 0 Å². The number of nitrogens with zero attached hydrogens (tertiary/aromatic N) is 1. The fourth-order valence-corrected chi connectivity index (χ4v) is 4.27. The molecule has 2 amide bonds. The number of rotatable bonds is 3. The molecule has 28 heavy (non-hydrogen) atoms. The number of anilines is 1. The molecule has 1 aliphatic heterocycles. The van der Waals surface area contributed by atoms with Crippen LogP contribution in [0.15, 0.2) is 42.5 Å². The van der Waals surface area contributed by atoms with Crippen LogP contribution in [0.4, 0.5) is 10.1 Å². The first-order valence-electron chi connectivity index (χ1n) is 10.0. The molecule has 1 saturated heterocycles. The zero-order valence-electron chi connectivity index (χ0n) is 15.9. The lowest BCUT2D eigenvalue weighted by atomic mass is 9.90. The smallest absolute Gasteiger partial charge is 0.313 e. The maximum absolute atomic E-state index is 13.0. The average Bonchev–Trinajstić information content (AvgIpc) is 3.17. The highest BCUT2D eigenvalue weighted by atomic mass is 19.1. The van der Waals surface area contributed by atoms with Crippen molar-refractivity contribution in [2.24, 2.45) is 5.92 Å². The van der Waals surface area contributed by atoms with E-state index < -0.39 is 11.8 Å². The fraction of sp³-hybridized carbons (Fsp3) is 0.391. The van der Waals surface area contributed by atoms with E-state index in [-0.39, 0.29) is 5.82 Å². The fourth-order valence-electron chi connectivity index (χ4n) is 4.27. The first-order chi connectivity index (χ1) is 13.6. The van der Waals surface area contributed by atoms with Crippen molar-refractivity contribution >= 4 is 17.5 Å². The SMILES string of the molecule is O=C(Nc1ccc2c(c1)CCC2)C(=O)N1CCC(Cc2ccc(F)cc2)CC1. The molecular formula is C23H25FN2O2. The Balaban J connectivity index is 1.28. The molecule has 1 fully saturated rings. The maximum atomic E-state index is 13.0. The number of nitrogens with one attached hydrogen (secondary N) is 1. The van der Waals surface area contributed by atoms with E-state index in [4.69, 9.17) is 0 Å². The Bertz CT molecular complexity index is 871. The van der Waals surface area contributed by atoms with Crippen molar-refractivity contribution in [3.05, 3.63) is 65.0 Å². The van der Waals surface area contributed by atoms with Crippen molar-refractivity contribution in [3.63, 3.8) is 0 Å². The number of carbonyl (C=O) groups excluding carboxylic acids is 2. The summed E-state index contributed by atoms with van der Waals surface area (Å²) in [5, 5.41) is 2.76. The second kappa shape index (κ2) is 8.13. The van der Waals surface area contributed by atoms with Crippen molar-refractivity contribution in [1.82, 2.24) is 4.90 Å². The molecule has 0 atom stereocenters. The lowest BCUT2D eigenvalue weighted by Gasteiger charge is -2.31. The molecule has 4 rings (SSSR count). The van der Waals surface area contributed by atoms with Gasteiger partial charge in [0.25, 0.3) is 0 Å². The van der Waals surface area contributed by atoms with Crippen LogP contribution in [0.1, 0.15) is 36.0 Å². The van der Waals surface area contributed by atoms with Gasteiger partial charge < -0.3 is 10.2 Å². The molecule has 2 aromatic rings. The highest BCUT2D eigenvalue weighted by Crippen LogP contribution is 2.25. The molecule has 1 N–H and O–H groups in total.